The smallest absolute Gasteiger partial charge is 0.410 e. The van der Waals surface area contributed by atoms with Crippen LogP contribution in [0.5, 0.6) is 0 Å². The molecule has 0 N–H and O–H groups in total. The minimum absolute atomic E-state index is 0.0113. The van der Waals surface area contributed by atoms with Crippen molar-refractivity contribution in [2.75, 3.05) is 44.2 Å². The summed E-state index contributed by atoms with van der Waals surface area (Å²) < 4.78 is 7.34. The number of halogens is 1. The Kier molecular flexibility index (Phi) is 8.40. The molecule has 0 bridgehead atoms. The highest BCUT2D eigenvalue weighted by Crippen LogP contribution is 2.35. The largest absolute Gasteiger partial charge is 0.444 e. The SMILES string of the molecule is CC(C)(C)OC(=O)N1CCC(c2c(C(=O)N3CCN(c4ccc([N+](=O)[O-])cc4)CC3)cnn2-c2ccccc2Cl)CC1. The molecule has 2 amide bonds. The van der Waals surface area contributed by atoms with E-state index in [0.29, 0.717) is 68.4 Å². The van der Waals surface area contributed by atoms with Crippen LogP contribution in [0.25, 0.3) is 5.69 Å². The molecule has 0 saturated carbocycles. The quantitative estimate of drug-likeness (QED) is 0.282. The van der Waals surface area contributed by atoms with Gasteiger partial charge in [-0.05, 0) is 57.9 Å². The van der Waals surface area contributed by atoms with Crippen LogP contribution in [0, 0.1) is 10.1 Å². The fraction of sp³-hybridized carbons (Fsp3) is 0.433. The Hall–Kier alpha value is -4.12. The Bertz CT molecular complexity index is 1450. The van der Waals surface area contributed by atoms with E-state index in [1.54, 1.807) is 34.0 Å². The zero-order chi connectivity index (χ0) is 30.0. The van der Waals surface area contributed by atoms with Crippen LogP contribution in [0.1, 0.15) is 55.6 Å². The second-order valence-electron chi connectivity index (χ2n) is 11.6. The van der Waals surface area contributed by atoms with Crippen molar-refractivity contribution in [3.8, 4) is 5.69 Å². The van der Waals surface area contributed by atoms with Gasteiger partial charge in [0.1, 0.15) is 5.60 Å². The number of ether oxygens (including phenoxy) is 1. The zero-order valence-electron chi connectivity index (χ0n) is 24.0. The first-order valence-corrected chi connectivity index (χ1v) is 14.5. The first-order valence-electron chi connectivity index (χ1n) is 14.1. The van der Waals surface area contributed by atoms with E-state index in [9.17, 15) is 19.7 Å². The lowest BCUT2D eigenvalue weighted by Crippen LogP contribution is -2.49. The lowest BCUT2D eigenvalue weighted by molar-refractivity contribution is -0.384. The number of para-hydroxylation sites is 1. The van der Waals surface area contributed by atoms with Crippen LogP contribution < -0.4 is 4.90 Å². The molecule has 0 aliphatic carbocycles. The van der Waals surface area contributed by atoms with Crippen LogP contribution in [0.4, 0.5) is 16.2 Å². The fourth-order valence-corrected chi connectivity index (χ4v) is 5.73. The Labute approximate surface area is 249 Å². The van der Waals surface area contributed by atoms with Crippen LogP contribution in [0.3, 0.4) is 0 Å². The number of rotatable bonds is 5. The Morgan fingerprint density at radius 1 is 0.952 bits per heavy atom. The van der Waals surface area contributed by atoms with E-state index in [0.717, 1.165) is 11.4 Å². The van der Waals surface area contributed by atoms with Crippen LogP contribution in [0.2, 0.25) is 5.02 Å². The Balaban J connectivity index is 1.34. The number of carbonyl (C=O) groups excluding carboxylic acids is 2. The van der Waals surface area contributed by atoms with Crippen molar-refractivity contribution >= 4 is 35.0 Å². The number of amides is 2. The predicted molar refractivity (Wildman–Crippen MR) is 160 cm³/mol. The summed E-state index contributed by atoms with van der Waals surface area (Å²) in [5.74, 6) is -0.107. The number of likely N-dealkylation sites (tertiary alicyclic amines) is 1. The Morgan fingerprint density at radius 2 is 1.60 bits per heavy atom. The van der Waals surface area contributed by atoms with Gasteiger partial charge >= 0.3 is 6.09 Å². The molecule has 2 saturated heterocycles. The number of hydrogen-bond donors (Lipinski definition) is 0. The molecule has 11 nitrogen and oxygen atoms in total. The van der Waals surface area contributed by atoms with Gasteiger partial charge in [0.25, 0.3) is 11.6 Å². The van der Waals surface area contributed by atoms with Crippen LogP contribution >= 0.6 is 11.6 Å². The van der Waals surface area contributed by atoms with Gasteiger partial charge in [-0.2, -0.15) is 5.10 Å². The second kappa shape index (κ2) is 12.0. The molecular weight excluding hydrogens is 560 g/mol. The highest BCUT2D eigenvalue weighted by molar-refractivity contribution is 6.32. The van der Waals surface area contributed by atoms with Crippen LogP contribution in [-0.4, -0.2) is 81.4 Å². The fourth-order valence-electron chi connectivity index (χ4n) is 5.52. The molecule has 3 aromatic rings. The van der Waals surface area contributed by atoms with E-state index in [4.69, 9.17) is 16.3 Å². The maximum absolute atomic E-state index is 13.9. The van der Waals surface area contributed by atoms with Crippen molar-refractivity contribution in [3.63, 3.8) is 0 Å². The van der Waals surface area contributed by atoms with E-state index in [-0.39, 0.29) is 23.6 Å². The third-order valence-electron chi connectivity index (χ3n) is 7.64. The summed E-state index contributed by atoms with van der Waals surface area (Å²) in [5.41, 5.74) is 2.40. The molecule has 2 fully saturated rings. The van der Waals surface area contributed by atoms with Crippen molar-refractivity contribution in [2.45, 2.75) is 45.1 Å². The number of anilines is 1. The Morgan fingerprint density at radius 3 is 2.19 bits per heavy atom. The molecule has 0 unspecified atom stereocenters. The van der Waals surface area contributed by atoms with E-state index >= 15 is 0 Å². The van der Waals surface area contributed by atoms with Crippen molar-refractivity contribution < 1.29 is 19.2 Å². The van der Waals surface area contributed by atoms with Gasteiger partial charge in [-0.15, -0.1) is 0 Å². The molecule has 2 aliphatic rings. The molecule has 42 heavy (non-hydrogen) atoms. The van der Waals surface area contributed by atoms with E-state index in [2.05, 4.69) is 10.00 Å². The van der Waals surface area contributed by atoms with Crippen molar-refractivity contribution in [1.29, 1.82) is 0 Å². The number of carbonyl (C=O) groups is 2. The molecule has 222 valence electrons. The van der Waals surface area contributed by atoms with Gasteiger partial charge in [0.05, 0.1) is 33.1 Å². The predicted octanol–water partition coefficient (Wildman–Crippen LogP) is 5.51. The van der Waals surface area contributed by atoms with E-state index in [1.807, 2.05) is 43.9 Å². The van der Waals surface area contributed by atoms with Gasteiger partial charge in [-0.25, -0.2) is 9.48 Å². The van der Waals surface area contributed by atoms with Crippen LogP contribution in [0.15, 0.2) is 54.7 Å². The standard InChI is InChI=1S/C30H35ClN6O5/c1-30(2,3)42-29(39)35-14-12-21(13-15-35)27-24(20-32-36(27)26-7-5-4-6-25(26)31)28(38)34-18-16-33(17-19-34)22-8-10-23(11-9-22)37(40)41/h4-11,20-21H,12-19H2,1-3H3. The first kappa shape index (κ1) is 29.4. The number of nitro benzene ring substituents is 1. The summed E-state index contributed by atoms with van der Waals surface area (Å²) in [6.45, 7) is 8.78. The lowest BCUT2D eigenvalue weighted by atomic mass is 9.90. The van der Waals surface area contributed by atoms with Crippen molar-refractivity contribution in [2.24, 2.45) is 0 Å². The zero-order valence-corrected chi connectivity index (χ0v) is 24.8. The summed E-state index contributed by atoms with van der Waals surface area (Å²) in [6.07, 6.45) is 2.61. The molecule has 0 spiro atoms. The molecule has 12 heteroatoms. The van der Waals surface area contributed by atoms with E-state index in [1.165, 1.54) is 12.1 Å². The molecule has 0 atom stereocenters. The topological polar surface area (TPSA) is 114 Å². The third-order valence-corrected chi connectivity index (χ3v) is 7.96. The normalized spacial score (nSPS) is 16.4. The van der Waals surface area contributed by atoms with Gasteiger partial charge < -0.3 is 19.4 Å². The van der Waals surface area contributed by atoms with Gasteiger partial charge in [0.15, 0.2) is 0 Å². The minimum Gasteiger partial charge on any atom is -0.444 e. The molecule has 0 radical (unpaired) electrons. The molecular formula is C30H35ClN6O5. The number of nitro groups is 1. The summed E-state index contributed by atoms with van der Waals surface area (Å²) in [4.78, 5) is 42.9. The lowest BCUT2D eigenvalue weighted by Gasteiger charge is -2.37. The van der Waals surface area contributed by atoms with Gasteiger partial charge in [-0.1, -0.05) is 23.7 Å². The average molecular weight is 595 g/mol. The summed E-state index contributed by atoms with van der Waals surface area (Å²) in [6, 6.07) is 13.9. The van der Waals surface area contributed by atoms with Gasteiger partial charge in [0.2, 0.25) is 0 Å². The van der Waals surface area contributed by atoms with Gasteiger partial charge in [-0.3, -0.25) is 14.9 Å². The summed E-state index contributed by atoms with van der Waals surface area (Å²) >= 11 is 6.57. The summed E-state index contributed by atoms with van der Waals surface area (Å²) in [5, 5.41) is 16.2. The maximum atomic E-state index is 13.9. The van der Waals surface area contributed by atoms with Crippen molar-refractivity contribution in [1.82, 2.24) is 19.6 Å². The monoisotopic (exact) mass is 594 g/mol. The second-order valence-corrected chi connectivity index (χ2v) is 12.0. The number of hydrogen-bond acceptors (Lipinski definition) is 7. The third kappa shape index (κ3) is 6.35. The maximum Gasteiger partial charge on any atom is 0.410 e. The van der Waals surface area contributed by atoms with Crippen LogP contribution in [-0.2, 0) is 4.74 Å². The van der Waals surface area contributed by atoms with E-state index < -0.39 is 10.5 Å². The number of piperidine rings is 1. The molecule has 2 aliphatic heterocycles. The van der Waals surface area contributed by atoms with Crippen molar-refractivity contribution in [3.05, 3.63) is 81.1 Å². The molecule has 2 aromatic carbocycles. The first-order chi connectivity index (χ1) is 20.0. The molecule has 5 rings (SSSR count). The minimum atomic E-state index is -0.571. The van der Waals surface area contributed by atoms with Gasteiger partial charge in [0, 0.05) is 63.0 Å². The summed E-state index contributed by atoms with van der Waals surface area (Å²) in [7, 11) is 0. The molecule has 3 heterocycles. The number of nitrogens with zero attached hydrogens (tertiary/aromatic N) is 6. The number of piperazine rings is 1. The molecule has 1 aromatic heterocycles. The number of benzene rings is 2. The number of aromatic nitrogens is 2. The highest BCUT2D eigenvalue weighted by atomic mass is 35.5. The highest BCUT2D eigenvalue weighted by Gasteiger charge is 2.34. The average Bonchev–Trinajstić information content (AvgIpc) is 3.41. The number of non-ortho nitro benzene ring substituents is 1.